The quantitative estimate of drug-likeness (QED) is 0.777. The SMILES string of the molecule is CCOc1nc(C2CC=C3C=CC4C=CC=C5C=CC2=C3C54)nc(C2C=CC=CC2O)n1. The van der Waals surface area contributed by atoms with Gasteiger partial charge in [0.2, 0.25) is 0 Å². The van der Waals surface area contributed by atoms with Crippen molar-refractivity contribution in [1.82, 2.24) is 15.0 Å². The molecule has 32 heavy (non-hydrogen) atoms. The van der Waals surface area contributed by atoms with Crippen LogP contribution in [0.5, 0.6) is 6.01 Å². The third-order valence-electron chi connectivity index (χ3n) is 6.84. The molecule has 5 unspecified atom stereocenters. The Labute approximate surface area is 187 Å². The van der Waals surface area contributed by atoms with Crippen LogP contribution in [0, 0.1) is 11.8 Å². The number of aromatic nitrogens is 3. The van der Waals surface area contributed by atoms with Gasteiger partial charge >= 0.3 is 6.01 Å². The summed E-state index contributed by atoms with van der Waals surface area (Å²) in [5, 5.41) is 10.5. The minimum atomic E-state index is -0.662. The molecular formula is C27H25N3O2. The highest BCUT2D eigenvalue weighted by molar-refractivity contribution is 5.63. The van der Waals surface area contributed by atoms with Crippen LogP contribution in [-0.4, -0.2) is 32.8 Å². The first kappa shape index (κ1) is 19.4. The van der Waals surface area contributed by atoms with Gasteiger partial charge in [-0.1, -0.05) is 72.9 Å². The Bertz CT molecular complexity index is 1210. The van der Waals surface area contributed by atoms with Crippen LogP contribution in [0.2, 0.25) is 0 Å². The Morgan fingerprint density at radius 3 is 2.72 bits per heavy atom. The molecule has 0 amide bonds. The summed E-state index contributed by atoms with van der Waals surface area (Å²) in [5.41, 5.74) is 5.36. The molecule has 5 aliphatic rings. The number of hydrogen-bond donors (Lipinski definition) is 1. The van der Waals surface area contributed by atoms with Gasteiger partial charge in [-0.3, -0.25) is 0 Å². The molecular weight excluding hydrogens is 398 g/mol. The van der Waals surface area contributed by atoms with E-state index in [9.17, 15) is 5.11 Å². The molecule has 6 rings (SSSR count). The molecule has 1 heterocycles. The van der Waals surface area contributed by atoms with Crippen LogP contribution >= 0.6 is 0 Å². The van der Waals surface area contributed by atoms with E-state index in [0.717, 1.165) is 6.42 Å². The Hall–Kier alpha value is -3.31. The van der Waals surface area contributed by atoms with E-state index in [1.807, 2.05) is 25.2 Å². The molecule has 0 aromatic carbocycles. The van der Waals surface area contributed by atoms with Crippen LogP contribution in [0.3, 0.4) is 0 Å². The van der Waals surface area contributed by atoms with Crippen molar-refractivity contribution in [2.24, 2.45) is 11.8 Å². The van der Waals surface area contributed by atoms with E-state index < -0.39 is 6.10 Å². The lowest BCUT2D eigenvalue weighted by Gasteiger charge is -2.40. The minimum Gasteiger partial charge on any atom is -0.464 e. The summed E-state index contributed by atoms with van der Waals surface area (Å²) >= 11 is 0. The van der Waals surface area contributed by atoms with Gasteiger partial charge in [0.05, 0.1) is 18.6 Å². The van der Waals surface area contributed by atoms with Crippen LogP contribution in [0.25, 0.3) is 0 Å². The Kier molecular flexibility index (Phi) is 4.65. The normalized spacial score (nSPS) is 31.4. The van der Waals surface area contributed by atoms with E-state index in [-0.39, 0.29) is 11.8 Å². The third kappa shape index (κ3) is 3.07. The molecule has 160 valence electrons. The molecule has 0 saturated carbocycles. The highest BCUT2D eigenvalue weighted by atomic mass is 16.5. The van der Waals surface area contributed by atoms with E-state index in [2.05, 4.69) is 53.6 Å². The lowest BCUT2D eigenvalue weighted by Crippen LogP contribution is -2.28. The van der Waals surface area contributed by atoms with Crippen molar-refractivity contribution in [1.29, 1.82) is 0 Å². The number of rotatable bonds is 4. The van der Waals surface area contributed by atoms with E-state index in [1.165, 1.54) is 22.3 Å². The Balaban J connectivity index is 1.45. The maximum Gasteiger partial charge on any atom is 0.319 e. The third-order valence-corrected chi connectivity index (χ3v) is 6.84. The van der Waals surface area contributed by atoms with Crippen LogP contribution in [0.1, 0.15) is 36.8 Å². The summed E-state index contributed by atoms with van der Waals surface area (Å²) in [6.45, 7) is 2.40. The highest BCUT2D eigenvalue weighted by Gasteiger charge is 2.39. The second kappa shape index (κ2) is 7.68. The number of aliphatic hydroxyl groups is 1. The van der Waals surface area contributed by atoms with Crippen molar-refractivity contribution < 1.29 is 9.84 Å². The van der Waals surface area contributed by atoms with Crippen molar-refractivity contribution in [2.75, 3.05) is 6.61 Å². The lowest BCUT2D eigenvalue weighted by atomic mass is 9.64. The number of hydrogen-bond acceptors (Lipinski definition) is 5. The van der Waals surface area contributed by atoms with Gasteiger partial charge in [-0.05, 0) is 35.6 Å². The summed E-state index contributed by atoms with van der Waals surface area (Å²) < 4.78 is 5.71. The number of nitrogens with zero attached hydrogens (tertiary/aromatic N) is 3. The number of allylic oxidation sites excluding steroid dienone is 14. The monoisotopic (exact) mass is 423 g/mol. The first-order chi connectivity index (χ1) is 15.7. The van der Waals surface area contributed by atoms with Gasteiger partial charge in [-0.25, -0.2) is 4.98 Å². The first-order valence-corrected chi connectivity index (χ1v) is 11.3. The maximum atomic E-state index is 10.5. The Morgan fingerprint density at radius 2 is 1.84 bits per heavy atom. The second-order valence-electron chi connectivity index (χ2n) is 8.67. The molecule has 0 saturated heterocycles. The highest BCUT2D eigenvalue weighted by Crippen LogP contribution is 2.51. The summed E-state index contributed by atoms with van der Waals surface area (Å²) in [5.74, 6) is 1.74. The first-order valence-electron chi connectivity index (χ1n) is 11.3. The largest absolute Gasteiger partial charge is 0.464 e. The van der Waals surface area contributed by atoms with E-state index in [1.54, 1.807) is 6.08 Å². The molecule has 0 bridgehead atoms. The van der Waals surface area contributed by atoms with Crippen LogP contribution in [-0.2, 0) is 0 Å². The fourth-order valence-electron chi connectivity index (χ4n) is 5.35. The molecule has 5 aliphatic carbocycles. The predicted molar refractivity (Wildman–Crippen MR) is 123 cm³/mol. The molecule has 0 radical (unpaired) electrons. The average molecular weight is 424 g/mol. The number of ether oxygens (including phenoxy) is 1. The van der Waals surface area contributed by atoms with Gasteiger partial charge in [-0.15, -0.1) is 0 Å². The molecule has 1 aromatic heterocycles. The summed E-state index contributed by atoms with van der Waals surface area (Å²) in [7, 11) is 0. The molecule has 0 fully saturated rings. The maximum absolute atomic E-state index is 10.5. The van der Waals surface area contributed by atoms with Crippen LogP contribution in [0.15, 0.2) is 95.2 Å². The number of aliphatic hydroxyl groups excluding tert-OH is 1. The van der Waals surface area contributed by atoms with Crippen LogP contribution < -0.4 is 4.74 Å². The zero-order valence-corrected chi connectivity index (χ0v) is 17.9. The molecule has 5 atom stereocenters. The molecule has 0 aliphatic heterocycles. The smallest absolute Gasteiger partial charge is 0.319 e. The second-order valence-corrected chi connectivity index (χ2v) is 8.67. The molecule has 0 spiro atoms. The van der Waals surface area contributed by atoms with E-state index in [4.69, 9.17) is 14.7 Å². The van der Waals surface area contributed by atoms with Gasteiger partial charge < -0.3 is 9.84 Å². The molecule has 1 aromatic rings. The molecule has 5 nitrogen and oxygen atoms in total. The van der Waals surface area contributed by atoms with Crippen molar-refractivity contribution in [2.45, 2.75) is 31.3 Å². The molecule has 5 heteroatoms. The van der Waals surface area contributed by atoms with Crippen molar-refractivity contribution in [3.8, 4) is 6.01 Å². The van der Waals surface area contributed by atoms with Gasteiger partial charge in [-0.2, -0.15) is 9.97 Å². The fraction of sp³-hybridized carbons (Fsp3) is 0.296. The topological polar surface area (TPSA) is 68.1 Å². The average Bonchev–Trinajstić information content (AvgIpc) is 2.83. The van der Waals surface area contributed by atoms with Gasteiger partial charge in [0.15, 0.2) is 0 Å². The van der Waals surface area contributed by atoms with Crippen molar-refractivity contribution >= 4 is 0 Å². The summed E-state index contributed by atoms with van der Waals surface area (Å²) in [4.78, 5) is 14.1. The van der Waals surface area contributed by atoms with Crippen LogP contribution in [0.4, 0.5) is 0 Å². The minimum absolute atomic E-state index is 0.0332. The van der Waals surface area contributed by atoms with Gasteiger partial charge in [0.1, 0.15) is 11.6 Å². The van der Waals surface area contributed by atoms with Gasteiger partial charge in [0.25, 0.3) is 0 Å². The van der Waals surface area contributed by atoms with E-state index in [0.29, 0.717) is 36.1 Å². The van der Waals surface area contributed by atoms with Crippen molar-refractivity contribution in [3.05, 3.63) is 107 Å². The Morgan fingerprint density at radius 1 is 0.969 bits per heavy atom. The lowest BCUT2D eigenvalue weighted by molar-refractivity contribution is 0.201. The predicted octanol–water partition coefficient (Wildman–Crippen LogP) is 4.42. The zero-order valence-electron chi connectivity index (χ0n) is 17.9. The van der Waals surface area contributed by atoms with E-state index >= 15 is 0 Å². The van der Waals surface area contributed by atoms with Gasteiger partial charge in [0, 0.05) is 17.8 Å². The zero-order chi connectivity index (χ0) is 21.7. The summed E-state index contributed by atoms with van der Waals surface area (Å²) in [6.07, 6.45) is 25.7. The summed E-state index contributed by atoms with van der Waals surface area (Å²) in [6, 6.07) is 0.324. The standard InChI is InChI=1S/C27H25N3O2/c1-2-32-27-29-25(28-26(30-27)21-8-3-4-9-22(21)31)20-15-13-18-11-10-16-6-5-7-17-12-14-19(20)24(18)23(16)17/h3-14,16,20-23,31H,2,15H2,1H3. The van der Waals surface area contributed by atoms with Crippen molar-refractivity contribution in [3.63, 3.8) is 0 Å². The molecule has 1 N–H and O–H groups in total. The fourth-order valence-corrected chi connectivity index (χ4v) is 5.35.